The molecule has 0 spiro atoms. The van der Waals surface area contributed by atoms with Crippen molar-refractivity contribution in [1.82, 2.24) is 9.88 Å². The van der Waals surface area contributed by atoms with Gasteiger partial charge in [0.2, 0.25) is 0 Å². The molecule has 2 heterocycles. The summed E-state index contributed by atoms with van der Waals surface area (Å²) in [6.45, 7) is 6.77. The highest BCUT2D eigenvalue weighted by molar-refractivity contribution is 7.90. The van der Waals surface area contributed by atoms with Gasteiger partial charge in [-0.3, -0.25) is 0 Å². The van der Waals surface area contributed by atoms with E-state index in [1.54, 1.807) is 35.4 Å². The Kier molecular flexibility index (Phi) is 7.54. The monoisotopic (exact) mass is 445 g/mol. The average Bonchev–Trinajstić information content (AvgIpc) is 2.76. The summed E-state index contributed by atoms with van der Waals surface area (Å²) in [5, 5.41) is 3.38. The first kappa shape index (κ1) is 23.1. The molecule has 168 valence electrons. The van der Waals surface area contributed by atoms with Crippen LogP contribution in [0.5, 0.6) is 0 Å². The van der Waals surface area contributed by atoms with Crippen LogP contribution in [-0.4, -0.2) is 56.9 Å². The van der Waals surface area contributed by atoms with Crippen LogP contribution in [0.3, 0.4) is 0 Å². The first-order chi connectivity index (χ1) is 14.7. The van der Waals surface area contributed by atoms with Crippen molar-refractivity contribution < 1.29 is 17.9 Å². The molecule has 0 radical (unpaired) electrons. The second-order valence-electron chi connectivity index (χ2n) is 8.51. The molecule has 1 saturated heterocycles. The van der Waals surface area contributed by atoms with Gasteiger partial charge < -0.3 is 15.0 Å². The summed E-state index contributed by atoms with van der Waals surface area (Å²) in [5.74, 6) is 1.63. The third kappa shape index (κ3) is 6.69. The predicted molar refractivity (Wildman–Crippen MR) is 122 cm³/mol. The van der Waals surface area contributed by atoms with E-state index in [0.29, 0.717) is 23.3 Å². The molecule has 0 atom stereocenters. The standard InChI is InChI=1S/C23H31N3O4S/c1-17(2)16-30-23(27)26-12-10-18(11-13-26)14-24-22-9-6-20(15-25-22)19-4-7-21(8-5-19)31(3,28)29/h4-9,15,17-18H,10-14,16H2,1-3H3,(H,24,25). The summed E-state index contributed by atoms with van der Waals surface area (Å²) in [6.07, 6.45) is 4.66. The zero-order valence-electron chi connectivity index (χ0n) is 18.4. The number of hydrogen-bond acceptors (Lipinski definition) is 6. The topological polar surface area (TPSA) is 88.6 Å². The molecule has 1 fully saturated rings. The summed E-state index contributed by atoms with van der Waals surface area (Å²) in [5.41, 5.74) is 1.85. The van der Waals surface area contributed by atoms with Crippen LogP contribution in [0.15, 0.2) is 47.5 Å². The number of nitrogens with zero attached hydrogens (tertiary/aromatic N) is 2. The second-order valence-corrected chi connectivity index (χ2v) is 10.5. The normalized spacial score (nSPS) is 15.2. The van der Waals surface area contributed by atoms with Crippen molar-refractivity contribution in [2.45, 2.75) is 31.6 Å². The summed E-state index contributed by atoms with van der Waals surface area (Å²) >= 11 is 0. The van der Waals surface area contributed by atoms with Gasteiger partial charge >= 0.3 is 6.09 Å². The SMILES string of the molecule is CC(C)COC(=O)N1CCC(CNc2ccc(-c3ccc(S(C)(=O)=O)cc3)cn2)CC1. The van der Waals surface area contributed by atoms with Gasteiger partial charge in [0.15, 0.2) is 9.84 Å². The highest BCUT2D eigenvalue weighted by Crippen LogP contribution is 2.23. The van der Waals surface area contributed by atoms with Crippen LogP contribution in [0.2, 0.25) is 0 Å². The first-order valence-corrected chi connectivity index (χ1v) is 12.5. The number of anilines is 1. The molecule has 0 unspecified atom stereocenters. The molecule has 3 rings (SSSR count). The zero-order valence-corrected chi connectivity index (χ0v) is 19.2. The van der Waals surface area contributed by atoms with Gasteiger partial charge in [0.05, 0.1) is 11.5 Å². The van der Waals surface area contributed by atoms with Gasteiger partial charge in [-0.15, -0.1) is 0 Å². The molecule has 1 aliphatic rings. The Bertz CT molecular complexity index is 965. The van der Waals surface area contributed by atoms with Gasteiger partial charge in [-0.05, 0) is 54.5 Å². The molecule has 0 bridgehead atoms. The van der Waals surface area contributed by atoms with E-state index in [1.165, 1.54) is 6.26 Å². The van der Waals surface area contributed by atoms with Gasteiger partial charge in [-0.2, -0.15) is 0 Å². The van der Waals surface area contributed by atoms with Crippen molar-refractivity contribution in [2.75, 3.05) is 37.8 Å². The fourth-order valence-electron chi connectivity index (χ4n) is 3.46. The maximum atomic E-state index is 12.1. The molecular weight excluding hydrogens is 414 g/mol. The number of likely N-dealkylation sites (tertiary alicyclic amines) is 1. The van der Waals surface area contributed by atoms with Crippen LogP contribution in [0.25, 0.3) is 11.1 Å². The minimum absolute atomic E-state index is 0.207. The van der Waals surface area contributed by atoms with Gasteiger partial charge in [-0.1, -0.05) is 26.0 Å². The van der Waals surface area contributed by atoms with E-state index < -0.39 is 9.84 Å². The van der Waals surface area contributed by atoms with E-state index >= 15 is 0 Å². The fourth-order valence-corrected chi connectivity index (χ4v) is 4.09. The van der Waals surface area contributed by atoms with Crippen molar-refractivity contribution in [3.05, 3.63) is 42.6 Å². The lowest BCUT2D eigenvalue weighted by atomic mass is 9.97. The average molecular weight is 446 g/mol. The molecule has 1 N–H and O–H groups in total. The van der Waals surface area contributed by atoms with E-state index in [-0.39, 0.29) is 6.09 Å². The van der Waals surface area contributed by atoms with E-state index in [9.17, 15) is 13.2 Å². The van der Waals surface area contributed by atoms with Gasteiger partial charge in [0.25, 0.3) is 0 Å². The van der Waals surface area contributed by atoms with Crippen LogP contribution in [0, 0.1) is 11.8 Å². The lowest BCUT2D eigenvalue weighted by molar-refractivity contribution is 0.0799. The number of hydrogen-bond donors (Lipinski definition) is 1. The fraction of sp³-hybridized carbons (Fsp3) is 0.478. The van der Waals surface area contributed by atoms with Gasteiger partial charge in [-0.25, -0.2) is 18.2 Å². The molecule has 1 aromatic carbocycles. The molecule has 0 saturated carbocycles. The smallest absolute Gasteiger partial charge is 0.409 e. The second kappa shape index (κ2) is 10.1. The first-order valence-electron chi connectivity index (χ1n) is 10.6. The molecular formula is C23H31N3O4S. The Morgan fingerprint density at radius 1 is 1.13 bits per heavy atom. The number of benzene rings is 1. The van der Waals surface area contributed by atoms with Crippen molar-refractivity contribution in [3.8, 4) is 11.1 Å². The third-order valence-corrected chi connectivity index (χ3v) is 6.49. The number of piperidine rings is 1. The van der Waals surface area contributed by atoms with Gasteiger partial charge in [0.1, 0.15) is 5.82 Å². The maximum Gasteiger partial charge on any atom is 0.409 e. The number of nitrogens with one attached hydrogen (secondary N) is 1. The van der Waals surface area contributed by atoms with Crippen molar-refractivity contribution >= 4 is 21.7 Å². The minimum Gasteiger partial charge on any atom is -0.449 e. The Hall–Kier alpha value is -2.61. The quantitative estimate of drug-likeness (QED) is 0.691. The Labute approximate surface area is 184 Å². The van der Waals surface area contributed by atoms with Crippen LogP contribution in [-0.2, 0) is 14.6 Å². The third-order valence-electron chi connectivity index (χ3n) is 5.36. The molecule has 31 heavy (non-hydrogen) atoms. The van der Waals surface area contributed by atoms with Gasteiger partial charge in [0, 0.05) is 37.7 Å². The highest BCUT2D eigenvalue weighted by atomic mass is 32.2. The predicted octanol–water partition coefficient (Wildman–Crippen LogP) is 4.07. The highest BCUT2D eigenvalue weighted by Gasteiger charge is 2.23. The van der Waals surface area contributed by atoms with Crippen LogP contribution < -0.4 is 5.32 Å². The number of pyridine rings is 1. The summed E-state index contributed by atoms with van der Waals surface area (Å²) in [4.78, 5) is 18.6. The summed E-state index contributed by atoms with van der Waals surface area (Å²) in [7, 11) is -3.20. The number of sulfone groups is 1. The lowest BCUT2D eigenvalue weighted by Crippen LogP contribution is -2.40. The largest absolute Gasteiger partial charge is 0.449 e. The van der Waals surface area contributed by atoms with Crippen molar-refractivity contribution in [3.63, 3.8) is 0 Å². The zero-order chi connectivity index (χ0) is 22.4. The molecule has 7 nitrogen and oxygen atoms in total. The molecule has 0 aliphatic carbocycles. The summed E-state index contributed by atoms with van der Waals surface area (Å²) < 4.78 is 28.5. The number of amides is 1. The Balaban J connectivity index is 1.46. The van der Waals surface area contributed by atoms with Crippen LogP contribution in [0.1, 0.15) is 26.7 Å². The molecule has 2 aromatic rings. The van der Waals surface area contributed by atoms with E-state index in [2.05, 4.69) is 10.3 Å². The molecule has 8 heteroatoms. The molecule has 1 aromatic heterocycles. The van der Waals surface area contributed by atoms with Crippen molar-refractivity contribution in [2.24, 2.45) is 11.8 Å². The lowest BCUT2D eigenvalue weighted by Gasteiger charge is -2.31. The van der Waals surface area contributed by atoms with E-state index in [0.717, 1.165) is 49.4 Å². The minimum atomic E-state index is -3.20. The van der Waals surface area contributed by atoms with Crippen LogP contribution in [0.4, 0.5) is 10.6 Å². The summed E-state index contributed by atoms with van der Waals surface area (Å²) in [6, 6.07) is 10.7. The van der Waals surface area contributed by atoms with Crippen molar-refractivity contribution in [1.29, 1.82) is 0 Å². The number of aromatic nitrogens is 1. The van der Waals surface area contributed by atoms with E-state index in [1.807, 2.05) is 26.0 Å². The number of carbonyl (C=O) groups is 1. The van der Waals surface area contributed by atoms with E-state index in [4.69, 9.17) is 4.74 Å². The Morgan fingerprint density at radius 2 is 1.77 bits per heavy atom. The molecule has 1 aliphatic heterocycles. The molecule has 1 amide bonds. The number of rotatable bonds is 7. The maximum absolute atomic E-state index is 12.1. The number of carbonyl (C=O) groups excluding carboxylic acids is 1. The van der Waals surface area contributed by atoms with Crippen LogP contribution >= 0.6 is 0 Å². The Morgan fingerprint density at radius 3 is 2.32 bits per heavy atom. The number of ether oxygens (including phenoxy) is 1.